The maximum absolute atomic E-state index is 9.76. The summed E-state index contributed by atoms with van der Waals surface area (Å²) in [6.07, 6.45) is 7.56. The average molecular weight is 233 g/mol. The van der Waals surface area contributed by atoms with Crippen LogP contribution in [0.3, 0.4) is 0 Å². The fraction of sp³-hybridized carbons (Fsp3) is 0.462. The molecule has 1 saturated heterocycles. The lowest BCUT2D eigenvalue weighted by molar-refractivity contribution is 0.304. The van der Waals surface area contributed by atoms with Crippen molar-refractivity contribution in [2.75, 3.05) is 6.54 Å². The van der Waals surface area contributed by atoms with Gasteiger partial charge in [0.15, 0.2) is 5.88 Å². The van der Waals surface area contributed by atoms with Crippen LogP contribution >= 0.6 is 0 Å². The standard InChI is InChI=1S/C13H19N3O/c1-8-4-3-5-9(2)13(8)10(14)6-12(17)16-7-11(16)15/h3-6,8,11,13-14,17H,7,15H2,1-2H3/b12-6+,14-10?. The smallest absolute Gasteiger partial charge is 0.190 e. The van der Waals surface area contributed by atoms with Crippen molar-refractivity contribution in [3.63, 3.8) is 0 Å². The van der Waals surface area contributed by atoms with E-state index in [1.54, 1.807) is 4.90 Å². The molecule has 0 amide bonds. The zero-order valence-corrected chi connectivity index (χ0v) is 10.2. The molecule has 0 aromatic heterocycles. The lowest BCUT2D eigenvalue weighted by Gasteiger charge is -2.24. The predicted molar refractivity (Wildman–Crippen MR) is 68.7 cm³/mol. The maximum Gasteiger partial charge on any atom is 0.190 e. The van der Waals surface area contributed by atoms with Gasteiger partial charge >= 0.3 is 0 Å². The van der Waals surface area contributed by atoms with Crippen molar-refractivity contribution in [1.29, 1.82) is 5.41 Å². The van der Waals surface area contributed by atoms with E-state index in [9.17, 15) is 5.11 Å². The number of nitrogens with two attached hydrogens (primary N) is 1. The van der Waals surface area contributed by atoms with Crippen LogP contribution in [0.4, 0.5) is 0 Å². The Balaban J connectivity index is 2.10. The van der Waals surface area contributed by atoms with Crippen molar-refractivity contribution in [2.45, 2.75) is 20.0 Å². The van der Waals surface area contributed by atoms with Crippen LogP contribution < -0.4 is 5.73 Å². The molecule has 4 nitrogen and oxygen atoms in total. The van der Waals surface area contributed by atoms with Crippen LogP contribution in [0.5, 0.6) is 0 Å². The molecule has 1 heterocycles. The van der Waals surface area contributed by atoms with Gasteiger partial charge in [-0.15, -0.1) is 0 Å². The Morgan fingerprint density at radius 1 is 1.65 bits per heavy atom. The van der Waals surface area contributed by atoms with Gasteiger partial charge in [-0.05, 0) is 12.8 Å². The summed E-state index contributed by atoms with van der Waals surface area (Å²) in [7, 11) is 0. The molecule has 1 aliphatic carbocycles. The summed E-state index contributed by atoms with van der Waals surface area (Å²) in [6.45, 7) is 4.78. The van der Waals surface area contributed by atoms with Gasteiger partial charge in [-0.1, -0.05) is 30.7 Å². The summed E-state index contributed by atoms with van der Waals surface area (Å²) >= 11 is 0. The molecule has 3 atom stereocenters. The first-order valence-electron chi connectivity index (χ1n) is 5.87. The molecule has 1 aliphatic heterocycles. The molecule has 4 heteroatoms. The van der Waals surface area contributed by atoms with E-state index < -0.39 is 0 Å². The van der Waals surface area contributed by atoms with Gasteiger partial charge in [0.05, 0.1) is 12.7 Å². The molecule has 4 N–H and O–H groups in total. The van der Waals surface area contributed by atoms with Gasteiger partial charge in [0, 0.05) is 17.7 Å². The van der Waals surface area contributed by atoms with Crippen LogP contribution in [0.25, 0.3) is 0 Å². The molecule has 2 rings (SSSR count). The van der Waals surface area contributed by atoms with Gasteiger partial charge < -0.3 is 21.1 Å². The second kappa shape index (κ2) is 4.37. The lowest BCUT2D eigenvalue weighted by Crippen LogP contribution is -2.23. The highest BCUT2D eigenvalue weighted by molar-refractivity contribution is 5.97. The van der Waals surface area contributed by atoms with Crippen molar-refractivity contribution in [2.24, 2.45) is 17.6 Å². The van der Waals surface area contributed by atoms with Gasteiger partial charge in [0.25, 0.3) is 0 Å². The average Bonchev–Trinajstić information content (AvgIpc) is 2.95. The van der Waals surface area contributed by atoms with E-state index in [1.165, 1.54) is 6.08 Å². The van der Waals surface area contributed by atoms with Gasteiger partial charge in [0.2, 0.25) is 0 Å². The highest BCUT2D eigenvalue weighted by Crippen LogP contribution is 2.28. The van der Waals surface area contributed by atoms with Crippen molar-refractivity contribution in [1.82, 2.24) is 4.90 Å². The molecule has 2 aliphatic rings. The van der Waals surface area contributed by atoms with Gasteiger partial charge in [0.1, 0.15) is 0 Å². The Morgan fingerprint density at radius 3 is 2.82 bits per heavy atom. The maximum atomic E-state index is 9.76. The number of nitrogens with zero attached hydrogens (tertiary/aromatic N) is 1. The molecule has 0 bridgehead atoms. The van der Waals surface area contributed by atoms with E-state index in [2.05, 4.69) is 13.0 Å². The van der Waals surface area contributed by atoms with Gasteiger partial charge in [-0.2, -0.15) is 0 Å². The van der Waals surface area contributed by atoms with Crippen molar-refractivity contribution >= 4 is 5.71 Å². The minimum Gasteiger partial charge on any atom is -0.495 e. The SMILES string of the molecule is CC1=CC=CC(C)C1C(=N)/C=C(/O)N1CC1N. The first kappa shape index (κ1) is 11.9. The van der Waals surface area contributed by atoms with E-state index in [0.29, 0.717) is 18.2 Å². The quantitative estimate of drug-likeness (QED) is 0.395. The molecular weight excluding hydrogens is 214 g/mol. The van der Waals surface area contributed by atoms with Crippen molar-refractivity contribution < 1.29 is 5.11 Å². The summed E-state index contributed by atoms with van der Waals surface area (Å²) in [5.74, 6) is 0.454. The number of nitrogens with one attached hydrogen (secondary N) is 1. The second-order valence-electron chi connectivity index (χ2n) is 4.81. The van der Waals surface area contributed by atoms with Crippen LogP contribution in [0.1, 0.15) is 13.8 Å². The van der Waals surface area contributed by atoms with Crippen LogP contribution in [-0.2, 0) is 0 Å². The predicted octanol–water partition coefficient (Wildman–Crippen LogP) is 1.77. The topological polar surface area (TPSA) is 73.1 Å². The molecule has 3 unspecified atom stereocenters. The third-order valence-electron chi connectivity index (χ3n) is 3.35. The summed E-state index contributed by atoms with van der Waals surface area (Å²) in [5, 5.41) is 17.8. The fourth-order valence-corrected chi connectivity index (χ4v) is 2.27. The number of hydrogen-bond acceptors (Lipinski definition) is 4. The molecule has 17 heavy (non-hydrogen) atoms. The minimum atomic E-state index is -0.0839. The zero-order chi connectivity index (χ0) is 12.6. The van der Waals surface area contributed by atoms with Crippen LogP contribution in [0.15, 0.2) is 35.8 Å². The molecule has 0 radical (unpaired) electrons. The fourth-order valence-electron chi connectivity index (χ4n) is 2.27. The molecule has 0 aromatic carbocycles. The highest BCUT2D eigenvalue weighted by Gasteiger charge is 2.33. The largest absolute Gasteiger partial charge is 0.495 e. The molecule has 0 spiro atoms. The number of rotatable bonds is 3. The van der Waals surface area contributed by atoms with Crippen molar-refractivity contribution in [3.05, 3.63) is 35.8 Å². The van der Waals surface area contributed by atoms with Gasteiger partial charge in [-0.3, -0.25) is 0 Å². The van der Waals surface area contributed by atoms with E-state index in [1.807, 2.05) is 19.1 Å². The number of hydrogen-bond donors (Lipinski definition) is 3. The zero-order valence-electron chi connectivity index (χ0n) is 10.2. The molecule has 1 fully saturated rings. The minimum absolute atomic E-state index is 0.0540. The Bertz CT molecular complexity index is 422. The van der Waals surface area contributed by atoms with Crippen LogP contribution in [0.2, 0.25) is 0 Å². The normalized spacial score (nSPS) is 32.4. The van der Waals surface area contributed by atoms with E-state index in [4.69, 9.17) is 11.1 Å². The first-order chi connectivity index (χ1) is 8.00. The monoisotopic (exact) mass is 233 g/mol. The second-order valence-corrected chi connectivity index (χ2v) is 4.81. The molecule has 0 aromatic rings. The molecular formula is C13H19N3O. The summed E-state index contributed by atoms with van der Waals surface area (Å²) in [6, 6.07) is 0. The third kappa shape index (κ3) is 2.42. The summed E-state index contributed by atoms with van der Waals surface area (Å²) in [5.41, 5.74) is 7.20. The number of aliphatic hydroxyl groups is 1. The van der Waals surface area contributed by atoms with E-state index in [0.717, 1.165) is 5.57 Å². The third-order valence-corrected chi connectivity index (χ3v) is 3.35. The van der Waals surface area contributed by atoms with Crippen LogP contribution in [0, 0.1) is 17.2 Å². The van der Waals surface area contributed by atoms with E-state index in [-0.39, 0.29) is 18.0 Å². The molecule has 0 saturated carbocycles. The Morgan fingerprint density at radius 2 is 2.29 bits per heavy atom. The molecule has 92 valence electrons. The Labute approximate surface area is 102 Å². The van der Waals surface area contributed by atoms with Crippen molar-refractivity contribution in [3.8, 4) is 0 Å². The Hall–Kier alpha value is -1.55. The van der Waals surface area contributed by atoms with E-state index >= 15 is 0 Å². The Kier molecular flexibility index (Phi) is 3.07. The number of allylic oxidation sites excluding steroid dienone is 5. The summed E-state index contributed by atoms with van der Waals surface area (Å²) < 4.78 is 0. The number of aliphatic hydroxyl groups excluding tert-OH is 1. The summed E-state index contributed by atoms with van der Waals surface area (Å²) in [4.78, 5) is 1.66. The van der Waals surface area contributed by atoms with Crippen LogP contribution in [-0.4, -0.2) is 28.4 Å². The highest BCUT2D eigenvalue weighted by atomic mass is 16.3. The lowest BCUT2D eigenvalue weighted by atomic mass is 9.80. The van der Waals surface area contributed by atoms with Gasteiger partial charge in [-0.25, -0.2) is 0 Å². The first-order valence-corrected chi connectivity index (χ1v) is 5.87.